The smallest absolute Gasteiger partial charge is 0.239 e. The maximum absolute atomic E-state index is 11.8. The van der Waals surface area contributed by atoms with E-state index >= 15 is 0 Å². The lowest BCUT2D eigenvalue weighted by Gasteiger charge is -2.25. The molecule has 0 unspecified atom stereocenters. The van der Waals surface area contributed by atoms with Gasteiger partial charge in [0.15, 0.2) is 0 Å². The minimum Gasteiger partial charge on any atom is -0.352 e. The van der Waals surface area contributed by atoms with Crippen molar-refractivity contribution in [2.45, 2.75) is 58.4 Å². The van der Waals surface area contributed by atoms with E-state index in [1.807, 2.05) is 6.92 Å². The summed E-state index contributed by atoms with van der Waals surface area (Å²) in [5.41, 5.74) is 0. The zero-order chi connectivity index (χ0) is 12.7. The van der Waals surface area contributed by atoms with Crippen LogP contribution in [-0.2, 0) is 9.59 Å². The molecule has 1 aliphatic rings. The average Bonchev–Trinajstić information content (AvgIpc) is 2.29. The molecule has 98 valence electrons. The second-order valence-corrected chi connectivity index (χ2v) is 4.84. The van der Waals surface area contributed by atoms with Crippen molar-refractivity contribution in [2.24, 2.45) is 0 Å². The number of hydrogen-bond acceptors (Lipinski definition) is 2. The molecule has 0 aromatic carbocycles. The lowest BCUT2D eigenvalue weighted by Crippen LogP contribution is -2.44. The van der Waals surface area contributed by atoms with Gasteiger partial charge in [0.25, 0.3) is 0 Å². The van der Waals surface area contributed by atoms with Crippen molar-refractivity contribution in [3.8, 4) is 0 Å². The van der Waals surface area contributed by atoms with Crippen LogP contribution >= 0.6 is 0 Å². The van der Waals surface area contributed by atoms with Crippen LogP contribution in [0.25, 0.3) is 0 Å². The average molecular weight is 240 g/mol. The summed E-state index contributed by atoms with van der Waals surface area (Å²) in [5.74, 6) is -0.0359. The summed E-state index contributed by atoms with van der Waals surface area (Å²) >= 11 is 0. The Morgan fingerprint density at radius 2 is 1.88 bits per heavy atom. The largest absolute Gasteiger partial charge is 0.352 e. The highest BCUT2D eigenvalue weighted by Gasteiger charge is 2.18. The third-order valence-corrected chi connectivity index (χ3v) is 3.24. The molecular formula is C13H24N2O2. The number of carbonyl (C=O) groups excluding carboxylic acids is 2. The van der Waals surface area contributed by atoms with E-state index in [0.29, 0.717) is 12.6 Å². The molecule has 0 radical (unpaired) electrons. The van der Waals surface area contributed by atoms with Gasteiger partial charge >= 0.3 is 0 Å². The summed E-state index contributed by atoms with van der Waals surface area (Å²) < 4.78 is 0. The molecule has 0 saturated heterocycles. The van der Waals surface area contributed by atoms with Gasteiger partial charge in [-0.2, -0.15) is 0 Å². The van der Waals surface area contributed by atoms with Crippen molar-refractivity contribution in [3.05, 3.63) is 0 Å². The monoisotopic (exact) mass is 240 g/mol. The molecule has 0 spiro atoms. The first-order valence-electron chi connectivity index (χ1n) is 6.68. The molecule has 17 heavy (non-hydrogen) atoms. The molecule has 0 aliphatic heterocycles. The van der Waals surface area contributed by atoms with E-state index in [4.69, 9.17) is 0 Å². The van der Waals surface area contributed by atoms with Gasteiger partial charge in [-0.1, -0.05) is 26.2 Å². The molecule has 0 atom stereocenters. The maximum Gasteiger partial charge on any atom is 0.239 e. The van der Waals surface area contributed by atoms with Crippen molar-refractivity contribution in [2.75, 3.05) is 13.1 Å². The maximum atomic E-state index is 11.8. The number of hydrogen-bond donors (Lipinski definition) is 1. The van der Waals surface area contributed by atoms with Gasteiger partial charge in [-0.3, -0.25) is 9.59 Å². The van der Waals surface area contributed by atoms with Gasteiger partial charge in [0, 0.05) is 19.5 Å². The van der Waals surface area contributed by atoms with E-state index in [9.17, 15) is 9.59 Å². The van der Waals surface area contributed by atoms with Crippen molar-refractivity contribution in [1.29, 1.82) is 0 Å². The van der Waals surface area contributed by atoms with E-state index in [2.05, 4.69) is 5.32 Å². The molecule has 0 aromatic heterocycles. The summed E-state index contributed by atoms with van der Waals surface area (Å²) in [4.78, 5) is 24.7. The van der Waals surface area contributed by atoms with Crippen LogP contribution in [-0.4, -0.2) is 35.8 Å². The van der Waals surface area contributed by atoms with Gasteiger partial charge in [-0.15, -0.1) is 0 Å². The van der Waals surface area contributed by atoms with Crippen LogP contribution in [0.3, 0.4) is 0 Å². The Kier molecular flexibility index (Phi) is 6.01. The normalized spacial score (nSPS) is 16.6. The molecule has 1 rings (SSSR count). The summed E-state index contributed by atoms with van der Waals surface area (Å²) in [6, 6.07) is 0.326. The fraction of sp³-hybridized carbons (Fsp3) is 0.846. The Labute approximate surface area is 104 Å². The van der Waals surface area contributed by atoms with E-state index in [-0.39, 0.29) is 18.4 Å². The highest BCUT2D eigenvalue weighted by molar-refractivity contribution is 5.83. The second kappa shape index (κ2) is 7.30. The molecule has 1 fully saturated rings. The van der Waals surface area contributed by atoms with Gasteiger partial charge in [-0.05, 0) is 19.3 Å². The van der Waals surface area contributed by atoms with Gasteiger partial charge in [0.1, 0.15) is 0 Å². The minimum absolute atomic E-state index is 0.0134. The molecule has 4 heteroatoms. The molecule has 4 nitrogen and oxygen atoms in total. The Bertz CT molecular complexity index is 260. The Hall–Kier alpha value is -1.06. The first-order valence-corrected chi connectivity index (χ1v) is 6.68. The van der Waals surface area contributed by atoms with Gasteiger partial charge in [-0.25, -0.2) is 0 Å². The minimum atomic E-state index is -0.0226. The lowest BCUT2D eigenvalue weighted by molar-refractivity contribution is -0.134. The van der Waals surface area contributed by atoms with Crippen LogP contribution in [0.1, 0.15) is 52.4 Å². The van der Waals surface area contributed by atoms with E-state index < -0.39 is 0 Å². The summed E-state index contributed by atoms with van der Waals surface area (Å²) in [7, 11) is 0. The number of carbonyl (C=O) groups is 2. The van der Waals surface area contributed by atoms with Crippen LogP contribution in [0.4, 0.5) is 0 Å². The van der Waals surface area contributed by atoms with Crippen LogP contribution in [0.15, 0.2) is 0 Å². The van der Waals surface area contributed by atoms with Crippen molar-refractivity contribution in [3.63, 3.8) is 0 Å². The lowest BCUT2D eigenvalue weighted by atomic mass is 9.95. The molecule has 1 saturated carbocycles. The first kappa shape index (κ1) is 14.0. The summed E-state index contributed by atoms with van der Waals surface area (Å²) in [6.07, 6.45) is 6.74. The zero-order valence-electron chi connectivity index (χ0n) is 11.0. The molecule has 0 aromatic rings. The van der Waals surface area contributed by atoms with Crippen LogP contribution in [0.5, 0.6) is 0 Å². The summed E-state index contributed by atoms with van der Waals surface area (Å²) in [6.45, 7) is 4.39. The van der Waals surface area contributed by atoms with E-state index in [0.717, 1.165) is 19.3 Å². The SMILES string of the molecule is CCCN(CC(=O)NC1CCCCC1)C(C)=O. The zero-order valence-corrected chi connectivity index (χ0v) is 11.0. The number of nitrogens with one attached hydrogen (secondary N) is 1. The molecule has 1 aliphatic carbocycles. The Balaban J connectivity index is 2.33. The van der Waals surface area contributed by atoms with Crippen molar-refractivity contribution in [1.82, 2.24) is 10.2 Å². The van der Waals surface area contributed by atoms with Crippen LogP contribution in [0.2, 0.25) is 0 Å². The second-order valence-electron chi connectivity index (χ2n) is 4.84. The summed E-state index contributed by atoms with van der Waals surface area (Å²) in [5, 5.41) is 3.03. The van der Waals surface area contributed by atoms with Gasteiger partial charge in [0.2, 0.25) is 11.8 Å². The molecular weight excluding hydrogens is 216 g/mol. The predicted molar refractivity (Wildman–Crippen MR) is 67.6 cm³/mol. The molecule has 1 N–H and O–H groups in total. The van der Waals surface area contributed by atoms with Gasteiger partial charge < -0.3 is 10.2 Å². The van der Waals surface area contributed by atoms with E-state index in [1.165, 1.54) is 26.2 Å². The van der Waals surface area contributed by atoms with Gasteiger partial charge in [0.05, 0.1) is 6.54 Å². The number of nitrogens with zero attached hydrogens (tertiary/aromatic N) is 1. The fourth-order valence-corrected chi connectivity index (χ4v) is 2.31. The third-order valence-electron chi connectivity index (χ3n) is 3.24. The quantitative estimate of drug-likeness (QED) is 0.795. The van der Waals surface area contributed by atoms with E-state index in [1.54, 1.807) is 4.90 Å². The number of amides is 2. The Morgan fingerprint density at radius 1 is 1.24 bits per heavy atom. The fourth-order valence-electron chi connectivity index (χ4n) is 2.31. The van der Waals surface area contributed by atoms with Crippen molar-refractivity contribution < 1.29 is 9.59 Å². The highest BCUT2D eigenvalue weighted by atomic mass is 16.2. The Morgan fingerprint density at radius 3 is 2.41 bits per heavy atom. The topological polar surface area (TPSA) is 49.4 Å². The molecule has 2 amide bonds. The van der Waals surface area contributed by atoms with Crippen LogP contribution < -0.4 is 5.32 Å². The predicted octanol–water partition coefficient (Wildman–Crippen LogP) is 1.69. The van der Waals surface area contributed by atoms with Crippen molar-refractivity contribution >= 4 is 11.8 Å². The highest BCUT2D eigenvalue weighted by Crippen LogP contribution is 2.17. The standard InChI is InChI=1S/C13H24N2O2/c1-3-9-15(11(2)16)10-13(17)14-12-7-5-4-6-8-12/h12H,3-10H2,1-2H3,(H,14,17). The van der Waals surface area contributed by atoms with Crippen LogP contribution in [0, 0.1) is 0 Å². The first-order chi connectivity index (χ1) is 8.13. The third kappa shape index (κ3) is 5.20. The molecule has 0 heterocycles. The molecule has 0 bridgehead atoms. The number of rotatable bonds is 5.